The fraction of sp³-hybridized carbons (Fsp3) is 0.583. The van der Waals surface area contributed by atoms with Gasteiger partial charge in [0.05, 0.1) is 0 Å². The fourth-order valence-corrected chi connectivity index (χ4v) is 1.86. The number of rotatable bonds is 6. The van der Waals surface area contributed by atoms with Crippen LogP contribution in [0.15, 0.2) is 12.1 Å². The van der Waals surface area contributed by atoms with Crippen LogP contribution in [0, 0.1) is 12.8 Å². The molecule has 1 unspecified atom stereocenters. The van der Waals surface area contributed by atoms with Gasteiger partial charge in [-0.2, -0.15) is 0 Å². The van der Waals surface area contributed by atoms with Gasteiger partial charge in [0.15, 0.2) is 5.65 Å². The molecule has 2 rings (SSSR count). The molecule has 18 heavy (non-hydrogen) atoms. The van der Waals surface area contributed by atoms with Gasteiger partial charge < -0.3 is 10.4 Å². The zero-order valence-electron chi connectivity index (χ0n) is 10.8. The van der Waals surface area contributed by atoms with Crippen LogP contribution in [0.3, 0.4) is 0 Å². The average Bonchev–Trinajstić information content (AvgIpc) is 2.73. The van der Waals surface area contributed by atoms with Gasteiger partial charge in [-0.15, -0.1) is 14.8 Å². The van der Waals surface area contributed by atoms with Crippen LogP contribution < -0.4 is 5.32 Å². The maximum absolute atomic E-state index is 8.94. The second kappa shape index (κ2) is 5.77. The molecule has 2 aromatic heterocycles. The Hall–Kier alpha value is -1.69. The van der Waals surface area contributed by atoms with Crippen molar-refractivity contribution in [3.05, 3.63) is 18.0 Å². The minimum absolute atomic E-state index is 0.231. The van der Waals surface area contributed by atoms with Crippen molar-refractivity contribution in [3.8, 4) is 0 Å². The van der Waals surface area contributed by atoms with E-state index in [2.05, 4.69) is 27.4 Å². The van der Waals surface area contributed by atoms with Crippen molar-refractivity contribution in [1.82, 2.24) is 19.8 Å². The van der Waals surface area contributed by atoms with E-state index in [9.17, 15) is 0 Å². The summed E-state index contributed by atoms with van der Waals surface area (Å²) in [5.41, 5.74) is 0.750. The molecule has 0 aromatic carbocycles. The quantitative estimate of drug-likeness (QED) is 0.806. The SMILES string of the molecule is CCC(CCO)CNc1ccc2nc(C)nn2n1. The Bertz CT molecular complexity index is 510. The number of aliphatic hydroxyl groups excluding tert-OH is 1. The third kappa shape index (κ3) is 2.95. The third-order valence-electron chi connectivity index (χ3n) is 3.00. The summed E-state index contributed by atoms with van der Waals surface area (Å²) in [6.07, 6.45) is 1.85. The van der Waals surface area contributed by atoms with E-state index in [1.54, 1.807) is 0 Å². The van der Waals surface area contributed by atoms with Crippen molar-refractivity contribution in [2.45, 2.75) is 26.7 Å². The number of aliphatic hydroxyl groups is 1. The molecule has 2 aromatic rings. The maximum Gasteiger partial charge on any atom is 0.176 e. The van der Waals surface area contributed by atoms with Crippen LogP contribution in [0.1, 0.15) is 25.6 Å². The first-order valence-corrected chi connectivity index (χ1v) is 6.28. The van der Waals surface area contributed by atoms with Crippen molar-refractivity contribution >= 4 is 11.5 Å². The summed E-state index contributed by atoms with van der Waals surface area (Å²) in [6.45, 7) is 5.01. The Morgan fingerprint density at radius 3 is 2.94 bits per heavy atom. The van der Waals surface area contributed by atoms with Gasteiger partial charge in [0.2, 0.25) is 0 Å². The Morgan fingerprint density at radius 2 is 2.22 bits per heavy atom. The molecule has 0 bridgehead atoms. The van der Waals surface area contributed by atoms with Crippen molar-refractivity contribution in [3.63, 3.8) is 0 Å². The van der Waals surface area contributed by atoms with Gasteiger partial charge in [0.25, 0.3) is 0 Å². The molecule has 1 atom stereocenters. The molecule has 2 N–H and O–H groups in total. The molecule has 0 aliphatic rings. The van der Waals surface area contributed by atoms with Crippen LogP contribution in [0.4, 0.5) is 5.82 Å². The first kappa shape index (κ1) is 12.8. The number of nitrogens with zero attached hydrogens (tertiary/aromatic N) is 4. The van der Waals surface area contributed by atoms with E-state index in [4.69, 9.17) is 5.11 Å². The molecule has 0 saturated heterocycles. The predicted octanol–water partition coefficient (Wildman–Crippen LogP) is 1.25. The third-order valence-corrected chi connectivity index (χ3v) is 3.00. The summed E-state index contributed by atoms with van der Waals surface area (Å²) < 4.78 is 1.53. The number of anilines is 1. The normalized spacial score (nSPS) is 12.8. The highest BCUT2D eigenvalue weighted by Gasteiger charge is 2.07. The van der Waals surface area contributed by atoms with E-state index < -0.39 is 0 Å². The van der Waals surface area contributed by atoms with Crippen LogP contribution in [-0.2, 0) is 0 Å². The molecular formula is C12H19N5O. The molecule has 0 spiro atoms. The molecule has 6 heteroatoms. The highest BCUT2D eigenvalue weighted by Crippen LogP contribution is 2.10. The number of hydrogen-bond acceptors (Lipinski definition) is 5. The van der Waals surface area contributed by atoms with Gasteiger partial charge in [-0.3, -0.25) is 0 Å². The molecule has 0 aliphatic heterocycles. The molecule has 0 aliphatic carbocycles. The van der Waals surface area contributed by atoms with Gasteiger partial charge in [-0.25, -0.2) is 4.98 Å². The van der Waals surface area contributed by atoms with Gasteiger partial charge in [-0.1, -0.05) is 13.3 Å². The molecule has 98 valence electrons. The zero-order valence-corrected chi connectivity index (χ0v) is 10.8. The summed E-state index contributed by atoms with van der Waals surface area (Å²) in [5.74, 6) is 1.96. The van der Waals surface area contributed by atoms with Gasteiger partial charge in [0, 0.05) is 13.2 Å². The Morgan fingerprint density at radius 1 is 1.39 bits per heavy atom. The molecule has 0 saturated carbocycles. The van der Waals surface area contributed by atoms with E-state index in [-0.39, 0.29) is 6.61 Å². The van der Waals surface area contributed by atoms with Crippen molar-refractivity contribution in [2.75, 3.05) is 18.5 Å². The van der Waals surface area contributed by atoms with Crippen LogP contribution in [-0.4, -0.2) is 38.1 Å². The Kier molecular flexibility index (Phi) is 4.09. The lowest BCUT2D eigenvalue weighted by Crippen LogP contribution is -2.16. The molecule has 0 amide bonds. The molecule has 0 fully saturated rings. The molecule has 6 nitrogen and oxygen atoms in total. The molecule has 2 heterocycles. The number of hydrogen-bond donors (Lipinski definition) is 2. The Balaban J connectivity index is 2.02. The van der Waals surface area contributed by atoms with Gasteiger partial charge >= 0.3 is 0 Å². The number of aromatic nitrogens is 4. The smallest absolute Gasteiger partial charge is 0.176 e. The average molecular weight is 249 g/mol. The summed E-state index contributed by atoms with van der Waals surface area (Å²) >= 11 is 0. The van der Waals surface area contributed by atoms with Crippen molar-refractivity contribution in [2.24, 2.45) is 5.92 Å². The lowest BCUT2D eigenvalue weighted by molar-refractivity contribution is 0.258. The van der Waals surface area contributed by atoms with Crippen LogP contribution in [0.25, 0.3) is 5.65 Å². The predicted molar refractivity (Wildman–Crippen MR) is 69.5 cm³/mol. The van der Waals surface area contributed by atoms with Crippen LogP contribution in [0.2, 0.25) is 0 Å². The van der Waals surface area contributed by atoms with E-state index >= 15 is 0 Å². The zero-order chi connectivity index (χ0) is 13.0. The van der Waals surface area contributed by atoms with Crippen LogP contribution in [0.5, 0.6) is 0 Å². The van der Waals surface area contributed by atoms with E-state index in [0.717, 1.165) is 30.9 Å². The fourth-order valence-electron chi connectivity index (χ4n) is 1.86. The number of aryl methyl sites for hydroxylation is 1. The summed E-state index contributed by atoms with van der Waals surface area (Å²) in [6, 6.07) is 3.79. The second-order valence-corrected chi connectivity index (χ2v) is 4.39. The van der Waals surface area contributed by atoms with E-state index in [1.165, 1.54) is 4.63 Å². The van der Waals surface area contributed by atoms with Crippen molar-refractivity contribution < 1.29 is 5.11 Å². The topological polar surface area (TPSA) is 75.3 Å². The Labute approximate surface area is 106 Å². The van der Waals surface area contributed by atoms with Crippen molar-refractivity contribution in [1.29, 1.82) is 0 Å². The standard InChI is InChI=1S/C12H19N5O/c1-3-10(6-7-18)8-13-11-4-5-12-14-9(2)15-17(12)16-11/h4-5,10,18H,3,6-8H2,1-2H3,(H,13,16). The number of nitrogens with one attached hydrogen (secondary N) is 1. The first-order chi connectivity index (χ1) is 8.72. The van der Waals surface area contributed by atoms with Crippen LogP contribution >= 0.6 is 0 Å². The second-order valence-electron chi connectivity index (χ2n) is 4.39. The lowest BCUT2D eigenvalue weighted by Gasteiger charge is -2.14. The summed E-state index contributed by atoms with van der Waals surface area (Å²) in [7, 11) is 0. The van der Waals surface area contributed by atoms with Gasteiger partial charge in [-0.05, 0) is 31.4 Å². The first-order valence-electron chi connectivity index (χ1n) is 6.28. The summed E-state index contributed by atoms with van der Waals surface area (Å²) in [4.78, 5) is 4.22. The largest absolute Gasteiger partial charge is 0.396 e. The monoisotopic (exact) mass is 249 g/mol. The maximum atomic E-state index is 8.94. The van der Waals surface area contributed by atoms with E-state index in [1.807, 2.05) is 19.1 Å². The minimum Gasteiger partial charge on any atom is -0.396 e. The highest BCUT2D eigenvalue weighted by molar-refractivity contribution is 5.43. The summed E-state index contributed by atoms with van der Waals surface area (Å²) in [5, 5.41) is 20.7. The lowest BCUT2D eigenvalue weighted by atomic mass is 10.0. The van der Waals surface area contributed by atoms with E-state index in [0.29, 0.717) is 11.7 Å². The molecular weight excluding hydrogens is 230 g/mol. The number of fused-ring (bicyclic) bond motifs is 1. The molecule has 0 radical (unpaired) electrons. The van der Waals surface area contributed by atoms with Gasteiger partial charge in [0.1, 0.15) is 11.6 Å². The minimum atomic E-state index is 0.231. The highest BCUT2D eigenvalue weighted by atomic mass is 16.3.